The average Bonchev–Trinajstić information content (AvgIpc) is 3.49. The van der Waals surface area contributed by atoms with Gasteiger partial charge in [0.1, 0.15) is 11.9 Å². The molecule has 1 saturated carbocycles. The van der Waals surface area contributed by atoms with Gasteiger partial charge < -0.3 is 15.1 Å². The van der Waals surface area contributed by atoms with Crippen LogP contribution in [0.2, 0.25) is 5.02 Å². The van der Waals surface area contributed by atoms with Crippen molar-refractivity contribution in [1.29, 1.82) is 5.26 Å². The zero-order valence-corrected chi connectivity index (χ0v) is 30.1. The van der Waals surface area contributed by atoms with E-state index in [-0.39, 0.29) is 17.4 Å². The van der Waals surface area contributed by atoms with Gasteiger partial charge in [-0.1, -0.05) is 41.9 Å². The Kier molecular flexibility index (Phi) is 9.70. The molecule has 10 heteroatoms. The van der Waals surface area contributed by atoms with Crippen LogP contribution >= 0.6 is 11.6 Å². The number of aliphatic carboxylic acids is 1. The van der Waals surface area contributed by atoms with Gasteiger partial charge in [0.15, 0.2) is 0 Å². The molecule has 0 unspecified atom stereocenters. The molecule has 0 radical (unpaired) electrons. The van der Waals surface area contributed by atoms with Crippen molar-refractivity contribution in [2.45, 2.75) is 52.3 Å². The van der Waals surface area contributed by atoms with Gasteiger partial charge in [-0.05, 0) is 102 Å². The third-order valence-corrected chi connectivity index (χ3v) is 11.3. The number of aliphatic hydroxyl groups is 1. The van der Waals surface area contributed by atoms with Crippen molar-refractivity contribution < 1.29 is 15.0 Å². The Bertz CT molecular complexity index is 2030. The number of aromatic nitrogens is 2. The predicted molar refractivity (Wildman–Crippen MR) is 201 cm³/mol. The van der Waals surface area contributed by atoms with E-state index in [2.05, 4.69) is 57.8 Å². The van der Waals surface area contributed by atoms with Gasteiger partial charge in [-0.25, -0.2) is 4.98 Å². The van der Waals surface area contributed by atoms with Gasteiger partial charge >= 0.3 is 5.97 Å². The lowest BCUT2D eigenvalue weighted by atomic mass is 9.57. The van der Waals surface area contributed by atoms with Gasteiger partial charge in [0.25, 0.3) is 0 Å². The Morgan fingerprint density at radius 1 is 1.08 bits per heavy atom. The number of benzene rings is 2. The van der Waals surface area contributed by atoms with E-state index in [0.29, 0.717) is 22.8 Å². The van der Waals surface area contributed by atoms with Gasteiger partial charge in [0, 0.05) is 75.0 Å². The number of carboxylic acid groups (broad SMARTS) is 1. The van der Waals surface area contributed by atoms with Crippen LogP contribution in [0, 0.1) is 36.5 Å². The van der Waals surface area contributed by atoms with Crippen molar-refractivity contribution in [2.75, 3.05) is 38.1 Å². The summed E-state index contributed by atoms with van der Waals surface area (Å²) in [6, 6.07) is 18.6. The Labute approximate surface area is 304 Å². The number of β-amino-alcohol motifs (C(OH)–C–C–N with tert-alkyl or cyclic N) is 1. The number of carboxylic acids is 1. The standard InChI is InChI=1S/C41H43ClN6O3/c1-26-15-29(36(42)16-30(26)22-48-24-41(25-48)17-31(18-41)40(50)51)8-9-37-35(19-43)34(11-13-44-37)33-5-4-6-38(27(33)2)46(3)39-10-7-28(20-45-39)21-47-14-12-32(49)23-47/h4-11,13,15-16,20,31-32,49H,12,14,17-18,21-25H2,1-3H3,(H,50,51)/b9-8+/t32-/m1/s1. The molecule has 1 aliphatic carbocycles. The number of nitriles is 1. The minimum absolute atomic E-state index is 0.183. The number of pyridine rings is 2. The first-order valence-electron chi connectivity index (χ1n) is 17.5. The Balaban J connectivity index is 1.06. The fourth-order valence-corrected chi connectivity index (χ4v) is 8.41. The number of aryl methyl sites for hydroxylation is 1. The molecule has 2 N–H and O–H groups in total. The number of halogens is 1. The third kappa shape index (κ3) is 7.15. The summed E-state index contributed by atoms with van der Waals surface area (Å²) in [5, 5.41) is 30.1. The highest BCUT2D eigenvalue weighted by Gasteiger charge is 2.54. The van der Waals surface area contributed by atoms with Gasteiger partial charge in [0.05, 0.1) is 23.3 Å². The van der Waals surface area contributed by atoms with E-state index < -0.39 is 5.97 Å². The number of hydrogen-bond donors (Lipinski definition) is 2. The molecule has 0 amide bonds. The molecule has 1 atom stereocenters. The molecular formula is C41H43ClN6O3. The van der Waals surface area contributed by atoms with Crippen LogP contribution in [0.4, 0.5) is 11.5 Å². The first-order chi connectivity index (χ1) is 24.5. The van der Waals surface area contributed by atoms with E-state index in [1.54, 1.807) is 6.20 Å². The first-order valence-corrected chi connectivity index (χ1v) is 17.9. The molecule has 3 aliphatic rings. The SMILES string of the molecule is Cc1cc(/C=C/c2nccc(-c3cccc(N(C)c4ccc(CN5CC[C@@H](O)C5)cn4)c3C)c2C#N)c(Cl)cc1CN1CC2(CC(C(=O)O)C2)C1. The average molecular weight is 703 g/mol. The van der Waals surface area contributed by atoms with Crippen LogP contribution in [0.15, 0.2) is 60.9 Å². The summed E-state index contributed by atoms with van der Waals surface area (Å²) < 4.78 is 0. The highest BCUT2D eigenvalue weighted by molar-refractivity contribution is 6.32. The van der Waals surface area contributed by atoms with Crippen LogP contribution < -0.4 is 4.90 Å². The molecule has 2 saturated heterocycles. The maximum atomic E-state index is 11.2. The predicted octanol–water partition coefficient (Wildman–Crippen LogP) is 7.09. The number of anilines is 2. The minimum atomic E-state index is -0.672. The highest BCUT2D eigenvalue weighted by atomic mass is 35.5. The quantitative estimate of drug-likeness (QED) is 0.179. The van der Waals surface area contributed by atoms with Crippen LogP contribution in [0.3, 0.4) is 0 Å². The van der Waals surface area contributed by atoms with Gasteiger partial charge in [-0.3, -0.25) is 19.6 Å². The van der Waals surface area contributed by atoms with Crippen LogP contribution in [-0.2, 0) is 17.9 Å². The monoisotopic (exact) mass is 702 g/mol. The Morgan fingerprint density at radius 3 is 2.57 bits per heavy atom. The third-order valence-electron chi connectivity index (χ3n) is 11.0. The second-order valence-electron chi connectivity index (χ2n) is 14.7. The van der Waals surface area contributed by atoms with Crippen LogP contribution in [0.25, 0.3) is 23.3 Å². The summed E-state index contributed by atoms with van der Waals surface area (Å²) in [4.78, 5) is 27.2. The van der Waals surface area contributed by atoms with Crippen LogP contribution in [0.5, 0.6) is 0 Å². The second kappa shape index (κ2) is 14.2. The van der Waals surface area contributed by atoms with Crippen molar-refractivity contribution in [2.24, 2.45) is 11.3 Å². The summed E-state index contributed by atoms with van der Waals surface area (Å²) in [6.45, 7) is 9.17. The second-order valence-corrected chi connectivity index (χ2v) is 15.1. The summed E-state index contributed by atoms with van der Waals surface area (Å²) in [5.74, 6) is -0.0383. The van der Waals surface area contributed by atoms with E-state index in [9.17, 15) is 20.3 Å². The number of aliphatic hydroxyl groups excluding tert-OH is 1. The normalized spacial score (nSPS) is 18.9. The lowest BCUT2D eigenvalue weighted by Crippen LogP contribution is -2.62. The molecule has 7 rings (SSSR count). The molecule has 9 nitrogen and oxygen atoms in total. The van der Waals surface area contributed by atoms with Gasteiger partial charge in [-0.15, -0.1) is 0 Å². The zero-order valence-electron chi connectivity index (χ0n) is 29.3. The van der Waals surface area contributed by atoms with Crippen molar-refractivity contribution in [1.82, 2.24) is 19.8 Å². The van der Waals surface area contributed by atoms with E-state index in [4.69, 9.17) is 16.6 Å². The fourth-order valence-electron chi connectivity index (χ4n) is 8.16. The van der Waals surface area contributed by atoms with Crippen LogP contribution in [-0.4, -0.2) is 75.3 Å². The molecule has 2 aromatic heterocycles. The molecule has 2 aromatic carbocycles. The summed E-state index contributed by atoms with van der Waals surface area (Å²) >= 11 is 6.79. The molecule has 51 heavy (non-hydrogen) atoms. The maximum Gasteiger partial charge on any atom is 0.306 e. The van der Waals surface area contributed by atoms with E-state index >= 15 is 0 Å². The lowest BCUT2D eigenvalue weighted by Gasteiger charge is -2.58. The topological polar surface area (TPSA) is 117 Å². The van der Waals surface area contributed by atoms with E-state index in [1.165, 1.54) is 0 Å². The van der Waals surface area contributed by atoms with Crippen molar-refractivity contribution in [3.05, 3.63) is 105 Å². The molecular weight excluding hydrogens is 660 g/mol. The summed E-state index contributed by atoms with van der Waals surface area (Å²) in [7, 11) is 2.00. The Hall–Kier alpha value is -4.59. The fraction of sp³-hybridized carbons (Fsp3) is 0.366. The zero-order chi connectivity index (χ0) is 35.9. The van der Waals surface area contributed by atoms with E-state index in [0.717, 1.165) is 102 Å². The maximum absolute atomic E-state index is 11.2. The van der Waals surface area contributed by atoms with Gasteiger partial charge in [-0.2, -0.15) is 5.26 Å². The molecule has 0 bridgehead atoms. The molecule has 262 valence electrons. The summed E-state index contributed by atoms with van der Waals surface area (Å²) in [6.07, 6.45) is 9.56. The van der Waals surface area contributed by atoms with Crippen molar-refractivity contribution >= 4 is 41.2 Å². The minimum Gasteiger partial charge on any atom is -0.481 e. The van der Waals surface area contributed by atoms with Crippen molar-refractivity contribution in [3.63, 3.8) is 0 Å². The lowest BCUT2D eigenvalue weighted by molar-refractivity contribution is -0.161. The molecule has 4 heterocycles. The van der Waals surface area contributed by atoms with Gasteiger partial charge in [0.2, 0.25) is 0 Å². The molecule has 3 fully saturated rings. The van der Waals surface area contributed by atoms with Crippen LogP contribution in [0.1, 0.15) is 58.3 Å². The number of carbonyl (C=O) groups is 1. The number of hydrogen-bond acceptors (Lipinski definition) is 8. The first kappa shape index (κ1) is 34.8. The smallest absolute Gasteiger partial charge is 0.306 e. The largest absolute Gasteiger partial charge is 0.481 e. The van der Waals surface area contributed by atoms with Crippen molar-refractivity contribution in [3.8, 4) is 17.2 Å². The molecule has 1 spiro atoms. The highest BCUT2D eigenvalue weighted by Crippen LogP contribution is 2.52. The number of rotatable bonds is 10. The number of nitrogens with zero attached hydrogens (tertiary/aromatic N) is 6. The molecule has 2 aliphatic heterocycles. The summed E-state index contributed by atoms with van der Waals surface area (Å²) in [5.41, 5.74) is 9.27. The Morgan fingerprint density at radius 2 is 1.88 bits per heavy atom. The van der Waals surface area contributed by atoms with E-state index in [1.807, 2.05) is 55.7 Å². The number of likely N-dealkylation sites (tertiary alicyclic amines) is 2. The molecule has 4 aromatic rings.